The Kier molecular flexibility index (Phi) is 5.14. The molecule has 0 saturated carbocycles. The molecule has 4 aromatic rings. The molecule has 3 aromatic heterocycles. The van der Waals surface area contributed by atoms with Gasteiger partial charge in [0.05, 0.1) is 24.3 Å². The third-order valence-corrected chi connectivity index (χ3v) is 4.94. The molecule has 1 unspecified atom stereocenters. The van der Waals surface area contributed by atoms with Crippen molar-refractivity contribution in [3.8, 4) is 11.1 Å². The fourth-order valence-electron chi connectivity index (χ4n) is 3.40. The van der Waals surface area contributed by atoms with Crippen LogP contribution in [-0.2, 0) is 7.05 Å². The molecule has 152 valence electrons. The average molecular weight is 403 g/mol. The van der Waals surface area contributed by atoms with Crippen LogP contribution in [0.1, 0.15) is 29.7 Å². The summed E-state index contributed by atoms with van der Waals surface area (Å²) in [6, 6.07) is 8.35. The number of aromatic nitrogens is 5. The molecule has 7 nitrogen and oxygen atoms in total. The van der Waals surface area contributed by atoms with Gasteiger partial charge in [-0.1, -0.05) is 19.1 Å². The molecule has 0 saturated heterocycles. The third-order valence-electron chi connectivity index (χ3n) is 4.94. The van der Waals surface area contributed by atoms with E-state index in [1.807, 2.05) is 33.2 Å². The van der Waals surface area contributed by atoms with Crippen molar-refractivity contribution in [3.63, 3.8) is 0 Å². The van der Waals surface area contributed by atoms with Crippen molar-refractivity contribution in [1.29, 1.82) is 0 Å². The number of aryl methyl sites for hydroxylation is 2. The van der Waals surface area contributed by atoms with Crippen LogP contribution in [0.25, 0.3) is 11.1 Å². The van der Waals surface area contributed by atoms with E-state index in [1.165, 1.54) is 12.1 Å². The second-order valence-electron chi connectivity index (χ2n) is 7.20. The Hall–Kier alpha value is -3.81. The van der Waals surface area contributed by atoms with Crippen molar-refractivity contribution >= 4 is 17.5 Å². The number of anilines is 3. The molecule has 0 aliphatic heterocycles. The van der Waals surface area contributed by atoms with Gasteiger partial charge in [0.15, 0.2) is 0 Å². The van der Waals surface area contributed by atoms with E-state index in [9.17, 15) is 4.39 Å². The van der Waals surface area contributed by atoms with E-state index in [0.717, 1.165) is 27.9 Å². The monoisotopic (exact) mass is 403 g/mol. The number of hydrogen-bond donors (Lipinski definition) is 2. The molecule has 0 bridgehead atoms. The van der Waals surface area contributed by atoms with E-state index >= 15 is 0 Å². The lowest BCUT2D eigenvalue weighted by Gasteiger charge is -2.20. The lowest BCUT2D eigenvalue weighted by molar-refractivity contribution is 0.626. The summed E-state index contributed by atoms with van der Waals surface area (Å²) in [6.45, 7) is 3.90. The van der Waals surface area contributed by atoms with Gasteiger partial charge in [-0.05, 0) is 36.2 Å². The SMILES string of the molecule is Cc1cnc(Nc2cc(-c3cnn(C)c3)c(C(C)c3ccc(F)cc3)c(N)n2)cn1. The predicted molar refractivity (Wildman–Crippen MR) is 115 cm³/mol. The minimum absolute atomic E-state index is 0.0958. The van der Waals surface area contributed by atoms with E-state index in [-0.39, 0.29) is 11.7 Å². The zero-order valence-electron chi connectivity index (χ0n) is 17.0. The summed E-state index contributed by atoms with van der Waals surface area (Å²) in [5.74, 6) is 1.14. The maximum atomic E-state index is 13.4. The zero-order chi connectivity index (χ0) is 21.3. The molecule has 30 heavy (non-hydrogen) atoms. The topological polar surface area (TPSA) is 94.5 Å². The number of pyridine rings is 1. The van der Waals surface area contributed by atoms with Crippen LogP contribution in [-0.4, -0.2) is 24.7 Å². The molecule has 8 heteroatoms. The Morgan fingerprint density at radius 3 is 2.47 bits per heavy atom. The highest BCUT2D eigenvalue weighted by Gasteiger charge is 2.21. The molecule has 0 amide bonds. The summed E-state index contributed by atoms with van der Waals surface area (Å²) in [6.07, 6.45) is 7.03. The van der Waals surface area contributed by atoms with Crippen LogP contribution in [0.3, 0.4) is 0 Å². The Labute approximate surface area is 173 Å². The molecule has 0 radical (unpaired) electrons. The van der Waals surface area contributed by atoms with Gasteiger partial charge in [0.2, 0.25) is 0 Å². The smallest absolute Gasteiger partial charge is 0.150 e. The summed E-state index contributed by atoms with van der Waals surface area (Å²) in [4.78, 5) is 13.1. The van der Waals surface area contributed by atoms with E-state index in [4.69, 9.17) is 5.73 Å². The standard InChI is InChI=1S/C22H22FN7/c1-13-9-26-20(11-25-13)28-19-8-18(16-10-27-30(3)12-16)21(22(24)29-19)14(2)15-4-6-17(23)7-5-15/h4-12,14H,1-3H3,(H3,24,26,28,29). The van der Waals surface area contributed by atoms with Crippen LogP contribution in [0.5, 0.6) is 0 Å². The minimum atomic E-state index is -0.275. The number of nitrogen functional groups attached to an aromatic ring is 1. The van der Waals surface area contributed by atoms with Crippen molar-refractivity contribution in [1.82, 2.24) is 24.7 Å². The lowest BCUT2D eigenvalue weighted by atomic mass is 9.88. The van der Waals surface area contributed by atoms with Gasteiger partial charge in [0.1, 0.15) is 23.3 Å². The van der Waals surface area contributed by atoms with Crippen molar-refractivity contribution in [2.45, 2.75) is 19.8 Å². The molecule has 3 N–H and O–H groups in total. The number of hydrogen-bond acceptors (Lipinski definition) is 6. The van der Waals surface area contributed by atoms with Crippen LogP contribution in [0.15, 0.2) is 55.1 Å². The molecule has 3 heterocycles. The van der Waals surface area contributed by atoms with Crippen LogP contribution in [0.2, 0.25) is 0 Å². The largest absolute Gasteiger partial charge is 0.383 e. The van der Waals surface area contributed by atoms with Gasteiger partial charge >= 0.3 is 0 Å². The predicted octanol–water partition coefficient (Wildman–Crippen LogP) is 4.20. The number of nitrogens with two attached hydrogens (primary N) is 1. The first-order chi connectivity index (χ1) is 14.4. The van der Waals surface area contributed by atoms with Gasteiger partial charge in [0, 0.05) is 30.3 Å². The van der Waals surface area contributed by atoms with Crippen molar-refractivity contribution < 1.29 is 4.39 Å². The Morgan fingerprint density at radius 2 is 1.83 bits per heavy atom. The first kappa shape index (κ1) is 19.5. The van der Waals surface area contributed by atoms with Crippen molar-refractivity contribution in [2.75, 3.05) is 11.1 Å². The number of halogens is 1. The summed E-state index contributed by atoms with van der Waals surface area (Å²) < 4.78 is 15.1. The van der Waals surface area contributed by atoms with E-state index in [0.29, 0.717) is 17.5 Å². The van der Waals surface area contributed by atoms with Crippen LogP contribution in [0.4, 0.5) is 21.8 Å². The van der Waals surface area contributed by atoms with Gasteiger partial charge < -0.3 is 11.1 Å². The lowest BCUT2D eigenvalue weighted by Crippen LogP contribution is -2.08. The Balaban J connectivity index is 1.80. The Bertz CT molecular complexity index is 1170. The number of benzene rings is 1. The average Bonchev–Trinajstić information content (AvgIpc) is 3.16. The van der Waals surface area contributed by atoms with Gasteiger partial charge in [0.25, 0.3) is 0 Å². The van der Waals surface area contributed by atoms with Crippen molar-refractivity contribution in [2.24, 2.45) is 7.05 Å². The highest BCUT2D eigenvalue weighted by molar-refractivity contribution is 5.76. The summed E-state index contributed by atoms with van der Waals surface area (Å²) in [5.41, 5.74) is 10.9. The van der Waals surface area contributed by atoms with E-state index in [2.05, 4.69) is 25.4 Å². The molecule has 0 aliphatic rings. The minimum Gasteiger partial charge on any atom is -0.383 e. The quantitative estimate of drug-likeness (QED) is 0.519. The van der Waals surface area contributed by atoms with Gasteiger partial charge in [-0.25, -0.2) is 14.4 Å². The summed E-state index contributed by atoms with van der Waals surface area (Å²) in [7, 11) is 1.86. The first-order valence-corrected chi connectivity index (χ1v) is 9.51. The van der Waals surface area contributed by atoms with Crippen LogP contribution < -0.4 is 11.1 Å². The third kappa shape index (κ3) is 3.98. The number of nitrogens with zero attached hydrogens (tertiary/aromatic N) is 5. The number of nitrogens with one attached hydrogen (secondary N) is 1. The maximum Gasteiger partial charge on any atom is 0.150 e. The molecule has 0 aliphatic carbocycles. The highest BCUT2D eigenvalue weighted by Crippen LogP contribution is 2.38. The van der Waals surface area contributed by atoms with E-state index in [1.54, 1.807) is 35.4 Å². The van der Waals surface area contributed by atoms with Gasteiger partial charge in [-0.2, -0.15) is 5.10 Å². The molecular weight excluding hydrogens is 381 g/mol. The molecule has 0 spiro atoms. The molecule has 1 atom stereocenters. The Morgan fingerprint density at radius 1 is 1.07 bits per heavy atom. The molecule has 0 fully saturated rings. The van der Waals surface area contributed by atoms with Crippen LogP contribution in [0, 0.1) is 12.7 Å². The first-order valence-electron chi connectivity index (χ1n) is 9.51. The van der Waals surface area contributed by atoms with E-state index < -0.39 is 0 Å². The number of rotatable bonds is 5. The summed E-state index contributed by atoms with van der Waals surface area (Å²) >= 11 is 0. The van der Waals surface area contributed by atoms with Gasteiger partial charge in [-0.3, -0.25) is 9.67 Å². The maximum absolute atomic E-state index is 13.4. The zero-order valence-corrected chi connectivity index (χ0v) is 17.0. The second-order valence-corrected chi connectivity index (χ2v) is 7.20. The molecular formula is C22H22FN7. The molecule has 1 aromatic carbocycles. The normalized spacial score (nSPS) is 12.0. The molecule has 4 rings (SSSR count). The van der Waals surface area contributed by atoms with Crippen LogP contribution >= 0.6 is 0 Å². The fraction of sp³-hybridized carbons (Fsp3) is 0.182. The van der Waals surface area contributed by atoms with Gasteiger partial charge in [-0.15, -0.1) is 0 Å². The van der Waals surface area contributed by atoms with Crippen molar-refractivity contribution in [3.05, 3.63) is 77.8 Å². The second kappa shape index (κ2) is 7.90. The summed E-state index contributed by atoms with van der Waals surface area (Å²) in [5, 5.41) is 7.45. The highest BCUT2D eigenvalue weighted by atomic mass is 19.1. The fourth-order valence-corrected chi connectivity index (χ4v) is 3.40.